The van der Waals surface area contributed by atoms with E-state index >= 15 is 0 Å². The smallest absolute Gasteiger partial charge is 0.235 e. The number of aromatic nitrogens is 1. The van der Waals surface area contributed by atoms with Crippen LogP contribution in [-0.2, 0) is 10.2 Å². The van der Waals surface area contributed by atoms with Gasteiger partial charge in [0.25, 0.3) is 0 Å². The van der Waals surface area contributed by atoms with Gasteiger partial charge in [0.2, 0.25) is 12.7 Å². The Balaban J connectivity index is 1.16. The molecule has 7 nitrogen and oxygen atoms in total. The molecule has 2 aliphatic heterocycles. The first-order chi connectivity index (χ1) is 16.0. The second kappa shape index (κ2) is 7.54. The Morgan fingerprint density at radius 3 is 2.52 bits per heavy atom. The quantitative estimate of drug-likeness (QED) is 0.603. The van der Waals surface area contributed by atoms with Gasteiger partial charge in [0, 0.05) is 43.5 Å². The van der Waals surface area contributed by atoms with Crippen molar-refractivity contribution in [3.8, 4) is 22.8 Å². The van der Waals surface area contributed by atoms with Crippen LogP contribution in [0.25, 0.3) is 11.3 Å². The van der Waals surface area contributed by atoms with Crippen molar-refractivity contribution < 1.29 is 18.8 Å². The van der Waals surface area contributed by atoms with E-state index in [0.29, 0.717) is 11.5 Å². The molecule has 170 valence electrons. The summed E-state index contributed by atoms with van der Waals surface area (Å²) in [4.78, 5) is 17.9. The fourth-order valence-electron chi connectivity index (χ4n) is 4.90. The van der Waals surface area contributed by atoms with Gasteiger partial charge in [0.15, 0.2) is 17.3 Å². The number of piperazine rings is 1. The third-order valence-corrected chi connectivity index (χ3v) is 7.09. The van der Waals surface area contributed by atoms with Crippen molar-refractivity contribution in [1.29, 1.82) is 0 Å². The highest BCUT2D eigenvalue weighted by Crippen LogP contribution is 2.50. The van der Waals surface area contributed by atoms with Gasteiger partial charge >= 0.3 is 0 Å². The predicted molar refractivity (Wildman–Crippen MR) is 124 cm³/mol. The molecule has 1 aromatic heterocycles. The van der Waals surface area contributed by atoms with Gasteiger partial charge in [-0.25, -0.2) is 0 Å². The number of ether oxygens (including phenoxy) is 2. The molecule has 1 amide bonds. The van der Waals surface area contributed by atoms with Crippen molar-refractivity contribution in [2.24, 2.45) is 0 Å². The van der Waals surface area contributed by atoms with Crippen LogP contribution in [0.4, 0.5) is 5.69 Å². The number of aryl methyl sites for hydroxylation is 2. The second-order valence-corrected chi connectivity index (χ2v) is 9.30. The van der Waals surface area contributed by atoms with Crippen molar-refractivity contribution in [1.82, 2.24) is 10.1 Å². The molecule has 1 saturated carbocycles. The molecule has 0 unspecified atom stereocenters. The first kappa shape index (κ1) is 20.1. The van der Waals surface area contributed by atoms with E-state index in [0.717, 1.165) is 56.0 Å². The average Bonchev–Trinajstić information content (AvgIpc) is 3.26. The van der Waals surface area contributed by atoms with Crippen molar-refractivity contribution in [2.45, 2.75) is 32.1 Å². The second-order valence-electron chi connectivity index (χ2n) is 9.30. The molecule has 1 aliphatic carbocycles. The van der Waals surface area contributed by atoms with Crippen LogP contribution >= 0.6 is 0 Å². The van der Waals surface area contributed by atoms with Gasteiger partial charge < -0.3 is 23.8 Å². The van der Waals surface area contributed by atoms with E-state index in [1.807, 2.05) is 29.2 Å². The number of hydrogen-bond donors (Lipinski definition) is 0. The van der Waals surface area contributed by atoms with Crippen LogP contribution in [0.1, 0.15) is 29.7 Å². The highest BCUT2D eigenvalue weighted by atomic mass is 16.7. The molecule has 2 fully saturated rings. The van der Waals surface area contributed by atoms with Gasteiger partial charge in [-0.2, -0.15) is 0 Å². The maximum atomic E-state index is 13.5. The van der Waals surface area contributed by atoms with E-state index in [4.69, 9.17) is 14.0 Å². The van der Waals surface area contributed by atoms with Crippen LogP contribution in [0.5, 0.6) is 11.5 Å². The molecule has 2 aromatic carbocycles. The molecule has 0 N–H and O–H groups in total. The van der Waals surface area contributed by atoms with Crippen LogP contribution in [0, 0.1) is 13.8 Å². The lowest BCUT2D eigenvalue weighted by molar-refractivity contribution is -0.134. The largest absolute Gasteiger partial charge is 0.454 e. The summed E-state index contributed by atoms with van der Waals surface area (Å²) >= 11 is 0. The van der Waals surface area contributed by atoms with E-state index in [9.17, 15) is 4.79 Å². The monoisotopic (exact) mass is 445 g/mol. The predicted octanol–water partition coefficient (Wildman–Crippen LogP) is 4.07. The maximum absolute atomic E-state index is 13.5. The lowest BCUT2D eigenvalue weighted by Crippen LogP contribution is -2.51. The van der Waals surface area contributed by atoms with Crippen molar-refractivity contribution in [3.05, 3.63) is 59.3 Å². The molecule has 1 saturated heterocycles. The zero-order valence-corrected chi connectivity index (χ0v) is 19.0. The molecule has 3 heterocycles. The summed E-state index contributed by atoms with van der Waals surface area (Å²) in [5.74, 6) is 2.24. The number of rotatable bonds is 4. The van der Waals surface area contributed by atoms with Crippen molar-refractivity contribution >= 4 is 11.6 Å². The molecule has 3 aromatic rings. The Morgan fingerprint density at radius 2 is 1.73 bits per heavy atom. The third kappa shape index (κ3) is 3.43. The van der Waals surface area contributed by atoms with E-state index in [2.05, 4.69) is 42.1 Å². The van der Waals surface area contributed by atoms with Crippen LogP contribution in [0.3, 0.4) is 0 Å². The molecular formula is C26H27N3O4. The van der Waals surface area contributed by atoms with E-state index in [-0.39, 0.29) is 12.7 Å². The van der Waals surface area contributed by atoms with Crippen molar-refractivity contribution in [2.75, 3.05) is 37.9 Å². The minimum absolute atomic E-state index is 0.175. The van der Waals surface area contributed by atoms with Crippen LogP contribution in [-0.4, -0.2) is 48.9 Å². The molecule has 0 atom stereocenters. The number of carbonyl (C=O) groups excluding carboxylic acids is 1. The minimum Gasteiger partial charge on any atom is -0.454 e. The Morgan fingerprint density at radius 1 is 0.939 bits per heavy atom. The zero-order valence-electron chi connectivity index (χ0n) is 19.0. The number of carbonyl (C=O) groups is 1. The SMILES string of the molecule is Cc1ccc(C)c(N2CCN(C(=O)C3(c4cc(-c5ccc6c(c5)OCO6)on4)CC3)CC2)c1. The van der Waals surface area contributed by atoms with Gasteiger partial charge in [-0.15, -0.1) is 0 Å². The molecular weight excluding hydrogens is 418 g/mol. The Kier molecular flexibility index (Phi) is 4.60. The molecule has 6 rings (SSSR count). The van der Waals surface area contributed by atoms with Gasteiger partial charge in [-0.05, 0) is 62.1 Å². The molecule has 0 spiro atoms. The summed E-state index contributed by atoms with van der Waals surface area (Å²) in [6, 6.07) is 14.1. The normalized spacial score (nSPS) is 18.5. The van der Waals surface area contributed by atoms with Crippen LogP contribution in [0.15, 0.2) is 47.0 Å². The standard InChI is InChI=1S/C26H27N3O4/c1-17-3-4-18(2)20(13-17)28-9-11-29(12-10-28)25(30)26(7-8-26)24-15-22(33-27-24)19-5-6-21-23(14-19)32-16-31-21/h3-6,13-15H,7-12,16H2,1-2H3. The molecule has 7 heteroatoms. The van der Waals surface area contributed by atoms with E-state index in [1.165, 1.54) is 16.8 Å². The zero-order chi connectivity index (χ0) is 22.6. The third-order valence-electron chi connectivity index (χ3n) is 7.09. The van der Waals surface area contributed by atoms with Gasteiger partial charge in [-0.3, -0.25) is 4.79 Å². The van der Waals surface area contributed by atoms with Gasteiger partial charge in [0.1, 0.15) is 0 Å². The summed E-state index contributed by atoms with van der Waals surface area (Å²) < 4.78 is 16.5. The fourth-order valence-corrected chi connectivity index (χ4v) is 4.90. The topological polar surface area (TPSA) is 68.0 Å². The number of anilines is 1. The lowest BCUT2D eigenvalue weighted by atomic mass is 9.98. The summed E-state index contributed by atoms with van der Waals surface area (Å²) in [5.41, 5.74) is 4.86. The first-order valence-electron chi connectivity index (χ1n) is 11.5. The average molecular weight is 446 g/mol. The highest BCUT2D eigenvalue weighted by Gasteiger charge is 2.55. The number of amides is 1. The minimum atomic E-state index is -0.542. The van der Waals surface area contributed by atoms with E-state index < -0.39 is 5.41 Å². The number of nitrogens with zero attached hydrogens (tertiary/aromatic N) is 3. The summed E-state index contributed by atoms with van der Waals surface area (Å²) in [5, 5.41) is 4.32. The highest BCUT2D eigenvalue weighted by molar-refractivity contribution is 5.91. The Labute approximate surface area is 192 Å². The molecule has 33 heavy (non-hydrogen) atoms. The Hall–Kier alpha value is -3.48. The number of fused-ring (bicyclic) bond motifs is 1. The summed E-state index contributed by atoms with van der Waals surface area (Å²) in [6.45, 7) is 7.63. The lowest BCUT2D eigenvalue weighted by Gasteiger charge is -2.38. The van der Waals surface area contributed by atoms with E-state index in [1.54, 1.807) is 0 Å². The first-order valence-corrected chi connectivity index (χ1v) is 11.5. The number of hydrogen-bond acceptors (Lipinski definition) is 6. The molecule has 0 radical (unpaired) electrons. The Bertz CT molecular complexity index is 1220. The molecule has 3 aliphatic rings. The van der Waals surface area contributed by atoms with Crippen molar-refractivity contribution in [3.63, 3.8) is 0 Å². The van der Waals surface area contributed by atoms with Crippen LogP contribution in [0.2, 0.25) is 0 Å². The maximum Gasteiger partial charge on any atom is 0.235 e. The number of benzene rings is 2. The summed E-state index contributed by atoms with van der Waals surface area (Å²) in [6.07, 6.45) is 1.63. The van der Waals surface area contributed by atoms with Gasteiger partial charge in [0.05, 0.1) is 11.1 Å². The van der Waals surface area contributed by atoms with Crippen LogP contribution < -0.4 is 14.4 Å². The van der Waals surface area contributed by atoms with Gasteiger partial charge in [-0.1, -0.05) is 17.3 Å². The summed E-state index contributed by atoms with van der Waals surface area (Å²) in [7, 11) is 0. The fraction of sp³-hybridized carbons (Fsp3) is 0.385. The molecule has 0 bridgehead atoms.